The van der Waals surface area contributed by atoms with Gasteiger partial charge < -0.3 is 30.3 Å². The normalized spacial score (nSPS) is 12.5. The van der Waals surface area contributed by atoms with Crippen molar-refractivity contribution in [2.24, 2.45) is 0 Å². The third-order valence-electron chi connectivity index (χ3n) is 7.73. The molecule has 2 unspecified atom stereocenters. The number of carbonyl (C=O) groups excluding carboxylic acids is 2. The number of nitriles is 2. The van der Waals surface area contributed by atoms with Gasteiger partial charge in [0.2, 0.25) is 0 Å². The van der Waals surface area contributed by atoms with E-state index in [2.05, 4.69) is 10.6 Å². The highest BCUT2D eigenvalue weighted by atomic mass is 16.6. The maximum Gasteiger partial charge on any atom is 0.272 e. The van der Waals surface area contributed by atoms with E-state index in [1.165, 1.54) is 50.2 Å². The predicted octanol–water partition coefficient (Wildman–Crippen LogP) is 5.48. The molecule has 0 saturated heterocycles. The van der Waals surface area contributed by atoms with Gasteiger partial charge in [0.1, 0.15) is 24.7 Å². The van der Waals surface area contributed by atoms with E-state index in [1.54, 1.807) is 62.4 Å². The van der Waals surface area contributed by atoms with E-state index in [1.807, 2.05) is 12.1 Å². The molecule has 0 heterocycles. The number of nitrogens with zero attached hydrogens (tertiary/aromatic N) is 4. The quantitative estimate of drug-likeness (QED) is 0.0928. The SMILES string of the molecule is Cc1cc(NC(=O)C(C)(O)COc2ccc(CC#N)cc2)ccc1[N+](=O)[O-].Cc1cc(NC(=O)C(C)(O)COc2ccc(CC#N)cc2)ccc1[N+](=O)[O-]. The molecule has 4 aromatic carbocycles. The van der Waals surface area contributed by atoms with E-state index in [0.717, 1.165) is 11.1 Å². The van der Waals surface area contributed by atoms with Crippen LogP contribution in [0.1, 0.15) is 36.1 Å². The standard InChI is InChI=1S/2C19H19N3O5/c2*1-13-11-15(5-8-17(13)22(25)26)21-18(23)19(2,24)12-27-16-6-3-14(4-7-16)9-10-20/h2*3-8,11,24H,9,12H2,1-2H3,(H,21,23). The Morgan fingerprint density at radius 3 is 1.28 bits per heavy atom. The fraction of sp³-hybridized carbons (Fsp3) is 0.263. The van der Waals surface area contributed by atoms with Crippen LogP contribution in [0.2, 0.25) is 0 Å². The Hall–Kier alpha value is -6.88. The van der Waals surface area contributed by atoms with Gasteiger partial charge in [-0.05, 0) is 87.4 Å². The van der Waals surface area contributed by atoms with E-state index in [0.29, 0.717) is 34.0 Å². The Bertz CT molecular complexity index is 1920. The van der Waals surface area contributed by atoms with Crippen LogP contribution >= 0.6 is 0 Å². The summed E-state index contributed by atoms with van der Waals surface area (Å²) in [6, 6.07) is 25.9. The van der Waals surface area contributed by atoms with Crippen molar-refractivity contribution in [2.45, 2.75) is 51.7 Å². The molecule has 0 aliphatic carbocycles. The summed E-state index contributed by atoms with van der Waals surface area (Å²) in [4.78, 5) is 45.3. The molecule has 0 saturated carbocycles. The van der Waals surface area contributed by atoms with Crippen molar-refractivity contribution in [1.29, 1.82) is 10.5 Å². The molecular formula is C38H38N6O10. The van der Waals surface area contributed by atoms with E-state index < -0.39 is 32.9 Å². The van der Waals surface area contributed by atoms with Gasteiger partial charge in [0.15, 0.2) is 11.2 Å². The summed E-state index contributed by atoms with van der Waals surface area (Å²) in [6.45, 7) is 5.16. The van der Waals surface area contributed by atoms with Crippen molar-refractivity contribution < 1.29 is 39.1 Å². The van der Waals surface area contributed by atoms with Crippen molar-refractivity contribution in [3.8, 4) is 23.6 Å². The van der Waals surface area contributed by atoms with Gasteiger partial charge in [-0.15, -0.1) is 0 Å². The molecule has 0 aliphatic heterocycles. The van der Waals surface area contributed by atoms with Crippen LogP contribution in [0.15, 0.2) is 84.9 Å². The second-order valence-electron chi connectivity index (χ2n) is 12.5. The number of anilines is 2. The van der Waals surface area contributed by atoms with Gasteiger partial charge in [-0.3, -0.25) is 29.8 Å². The first-order chi connectivity index (χ1) is 25.4. The van der Waals surface area contributed by atoms with Crippen molar-refractivity contribution >= 4 is 34.6 Å². The van der Waals surface area contributed by atoms with E-state index in [9.17, 15) is 40.0 Å². The van der Waals surface area contributed by atoms with Crippen LogP contribution < -0.4 is 20.1 Å². The first-order valence-electron chi connectivity index (χ1n) is 16.2. The summed E-state index contributed by atoms with van der Waals surface area (Å²) >= 11 is 0. The molecule has 2 atom stereocenters. The highest BCUT2D eigenvalue weighted by Gasteiger charge is 2.33. The third kappa shape index (κ3) is 12.1. The Morgan fingerprint density at radius 1 is 0.667 bits per heavy atom. The average Bonchev–Trinajstić information content (AvgIpc) is 3.11. The monoisotopic (exact) mass is 738 g/mol. The van der Waals surface area contributed by atoms with Crippen molar-refractivity contribution in [3.63, 3.8) is 0 Å². The smallest absolute Gasteiger partial charge is 0.272 e. The summed E-state index contributed by atoms with van der Waals surface area (Å²) in [5.74, 6) is -0.486. The molecule has 54 heavy (non-hydrogen) atoms. The molecule has 0 radical (unpaired) electrons. The van der Waals surface area contributed by atoms with Crippen LogP contribution in [0.4, 0.5) is 22.7 Å². The molecule has 0 aliphatic rings. The molecule has 4 rings (SSSR count). The number of hydrogen-bond donors (Lipinski definition) is 4. The van der Waals surface area contributed by atoms with Crippen LogP contribution in [0.25, 0.3) is 0 Å². The Balaban J connectivity index is 0.000000290. The van der Waals surface area contributed by atoms with Crippen molar-refractivity contribution in [1.82, 2.24) is 0 Å². The lowest BCUT2D eigenvalue weighted by Crippen LogP contribution is -2.45. The highest BCUT2D eigenvalue weighted by Crippen LogP contribution is 2.24. The summed E-state index contributed by atoms with van der Waals surface area (Å²) in [5, 5.41) is 64.8. The van der Waals surface area contributed by atoms with Crippen molar-refractivity contribution in [3.05, 3.63) is 127 Å². The minimum absolute atomic E-state index is 0.0528. The fourth-order valence-electron chi connectivity index (χ4n) is 4.58. The molecule has 0 spiro atoms. The number of nitro benzene ring substituents is 2. The number of hydrogen-bond acceptors (Lipinski definition) is 12. The molecule has 280 valence electrons. The van der Waals surface area contributed by atoms with Crippen LogP contribution in [-0.4, -0.2) is 56.3 Å². The maximum absolute atomic E-state index is 12.3. The molecule has 0 fully saturated rings. The summed E-state index contributed by atoms with van der Waals surface area (Å²) in [7, 11) is 0. The minimum Gasteiger partial charge on any atom is -0.490 e. The summed E-state index contributed by atoms with van der Waals surface area (Å²) < 4.78 is 10.9. The molecule has 4 N–H and O–H groups in total. The van der Waals surface area contributed by atoms with Crippen LogP contribution in [0.3, 0.4) is 0 Å². The second kappa shape index (κ2) is 18.6. The van der Waals surface area contributed by atoms with Crippen LogP contribution in [0, 0.1) is 56.7 Å². The highest BCUT2D eigenvalue weighted by molar-refractivity contribution is 5.97. The number of ether oxygens (including phenoxy) is 2. The van der Waals surface area contributed by atoms with Crippen molar-refractivity contribution in [2.75, 3.05) is 23.8 Å². The number of aliphatic hydroxyl groups is 2. The topological polar surface area (TPSA) is 251 Å². The molecule has 16 heteroatoms. The molecule has 4 aromatic rings. The van der Waals surface area contributed by atoms with Gasteiger partial charge in [-0.1, -0.05) is 24.3 Å². The molecular weight excluding hydrogens is 700 g/mol. The maximum atomic E-state index is 12.3. The first-order valence-corrected chi connectivity index (χ1v) is 16.2. The Kier molecular flexibility index (Phi) is 14.3. The van der Waals surface area contributed by atoms with Gasteiger partial charge in [-0.2, -0.15) is 10.5 Å². The molecule has 2 amide bonds. The second-order valence-corrected chi connectivity index (χ2v) is 12.5. The van der Waals surface area contributed by atoms with Crippen LogP contribution in [-0.2, 0) is 22.4 Å². The zero-order chi connectivity index (χ0) is 40.1. The van der Waals surface area contributed by atoms with Gasteiger partial charge in [0.25, 0.3) is 23.2 Å². The van der Waals surface area contributed by atoms with E-state index in [4.69, 9.17) is 20.0 Å². The lowest BCUT2D eigenvalue weighted by molar-refractivity contribution is -0.385. The number of rotatable bonds is 14. The molecule has 16 nitrogen and oxygen atoms in total. The first kappa shape index (κ1) is 41.5. The number of aryl methyl sites for hydroxylation is 2. The lowest BCUT2D eigenvalue weighted by Gasteiger charge is -2.22. The molecule has 0 aromatic heterocycles. The number of benzene rings is 4. The van der Waals surface area contributed by atoms with E-state index in [-0.39, 0.29) is 37.4 Å². The zero-order valence-corrected chi connectivity index (χ0v) is 29.9. The number of amides is 2. The number of nitro groups is 2. The summed E-state index contributed by atoms with van der Waals surface area (Å²) in [5.41, 5.74) is -0.607. The predicted molar refractivity (Wildman–Crippen MR) is 197 cm³/mol. The van der Waals surface area contributed by atoms with Gasteiger partial charge in [0, 0.05) is 34.6 Å². The van der Waals surface area contributed by atoms with E-state index >= 15 is 0 Å². The largest absolute Gasteiger partial charge is 0.490 e. The average molecular weight is 739 g/mol. The minimum atomic E-state index is -1.82. The van der Waals surface area contributed by atoms with Gasteiger partial charge in [0.05, 0.1) is 34.8 Å². The van der Waals surface area contributed by atoms with Gasteiger partial charge >= 0.3 is 0 Å². The van der Waals surface area contributed by atoms with Crippen LogP contribution in [0.5, 0.6) is 11.5 Å². The lowest BCUT2D eigenvalue weighted by atomic mass is 10.1. The van der Waals surface area contributed by atoms with Gasteiger partial charge in [-0.25, -0.2) is 0 Å². The third-order valence-corrected chi connectivity index (χ3v) is 7.73. The Morgan fingerprint density at radius 2 is 1.00 bits per heavy atom. The number of nitrogens with one attached hydrogen (secondary N) is 2. The molecule has 0 bridgehead atoms. The fourth-order valence-corrected chi connectivity index (χ4v) is 4.58. The Labute approximate surface area is 310 Å². The zero-order valence-electron chi connectivity index (χ0n) is 29.9. The number of carbonyl (C=O) groups is 2. The summed E-state index contributed by atoms with van der Waals surface area (Å²) in [6.07, 6.45) is 0.574.